The van der Waals surface area contributed by atoms with Gasteiger partial charge in [-0.1, -0.05) is 30.3 Å². The highest BCUT2D eigenvalue weighted by atomic mass is 16.4. The summed E-state index contributed by atoms with van der Waals surface area (Å²) in [6.45, 7) is 3.17. The second kappa shape index (κ2) is 14.2. The van der Waals surface area contributed by atoms with E-state index in [9.17, 15) is 29.4 Å². The monoisotopic (exact) mass is 465 g/mol. The molecule has 0 bridgehead atoms. The Kier molecular flexibility index (Phi) is 12.0. The number of unbranched alkanes of at least 4 members (excludes halogenated alkanes) is 1. The summed E-state index contributed by atoms with van der Waals surface area (Å²) in [5, 5.41) is 26.3. The molecule has 0 fully saturated rings. The number of amides is 3. The zero-order valence-electron chi connectivity index (χ0n) is 19.0. The molecule has 1 rings (SSSR count). The van der Waals surface area contributed by atoms with Crippen LogP contribution in [0.3, 0.4) is 0 Å². The van der Waals surface area contributed by atoms with Gasteiger partial charge in [0.1, 0.15) is 24.2 Å². The summed E-state index contributed by atoms with van der Waals surface area (Å²) < 4.78 is 0. The molecule has 1 aromatic carbocycles. The normalized spacial score (nSPS) is 15.4. The molecule has 0 aliphatic heterocycles. The third kappa shape index (κ3) is 9.98. The molecule has 184 valence electrons. The van der Waals surface area contributed by atoms with E-state index < -0.39 is 54.0 Å². The van der Waals surface area contributed by atoms with E-state index in [-0.39, 0.29) is 12.8 Å². The highest BCUT2D eigenvalue weighted by Gasteiger charge is 2.29. The summed E-state index contributed by atoms with van der Waals surface area (Å²) in [7, 11) is 0. The topological polar surface area (TPSA) is 197 Å². The van der Waals surface area contributed by atoms with Crippen LogP contribution in [-0.2, 0) is 25.6 Å². The zero-order chi connectivity index (χ0) is 25.0. The van der Waals surface area contributed by atoms with Gasteiger partial charge in [0.2, 0.25) is 17.7 Å². The third-order valence-corrected chi connectivity index (χ3v) is 5.05. The number of aliphatic carboxylic acids is 1. The van der Waals surface area contributed by atoms with Crippen LogP contribution >= 0.6 is 0 Å². The van der Waals surface area contributed by atoms with Gasteiger partial charge in [-0.25, -0.2) is 4.79 Å². The largest absolute Gasteiger partial charge is 0.480 e. The summed E-state index contributed by atoms with van der Waals surface area (Å²) in [4.78, 5) is 49.2. The SMILES string of the molecule is CC(NC(=O)C(N)C(C)O)C(=O)NC(Cc1ccccc1)C(=O)NC(CCCCN)C(=O)O. The molecule has 11 nitrogen and oxygen atoms in total. The second-order valence-electron chi connectivity index (χ2n) is 7.93. The Morgan fingerprint density at radius 2 is 1.52 bits per heavy atom. The van der Waals surface area contributed by atoms with Crippen LogP contribution < -0.4 is 27.4 Å². The van der Waals surface area contributed by atoms with Crippen molar-refractivity contribution in [3.8, 4) is 0 Å². The molecule has 0 saturated carbocycles. The standard InChI is InChI=1S/C22H35N5O6/c1-13(25-21(31)18(24)14(2)28)19(29)27-17(12-15-8-4-3-5-9-15)20(30)26-16(22(32)33)10-6-7-11-23/h3-5,8-9,13-14,16-18,28H,6-7,10-12,23-24H2,1-2H3,(H,25,31)(H,26,30)(H,27,29)(H,32,33). The summed E-state index contributed by atoms with van der Waals surface area (Å²) in [6.07, 6.45) is 0.352. The van der Waals surface area contributed by atoms with Crippen LogP contribution in [0.2, 0.25) is 0 Å². The lowest BCUT2D eigenvalue weighted by Gasteiger charge is -2.24. The third-order valence-electron chi connectivity index (χ3n) is 5.05. The number of carboxylic acids is 1. The summed E-state index contributed by atoms with van der Waals surface area (Å²) in [5.41, 5.74) is 11.8. The Labute approximate surface area is 193 Å². The molecule has 9 N–H and O–H groups in total. The van der Waals surface area contributed by atoms with Gasteiger partial charge in [-0.3, -0.25) is 14.4 Å². The van der Waals surface area contributed by atoms with E-state index in [4.69, 9.17) is 11.5 Å². The highest BCUT2D eigenvalue weighted by Crippen LogP contribution is 2.07. The molecule has 0 aliphatic carbocycles. The molecule has 33 heavy (non-hydrogen) atoms. The van der Waals surface area contributed by atoms with E-state index in [1.54, 1.807) is 30.3 Å². The number of aliphatic hydroxyl groups excluding tert-OH is 1. The van der Waals surface area contributed by atoms with Crippen LogP contribution in [-0.4, -0.2) is 70.7 Å². The Morgan fingerprint density at radius 1 is 0.909 bits per heavy atom. The number of nitrogens with one attached hydrogen (secondary N) is 3. The molecule has 11 heteroatoms. The van der Waals surface area contributed by atoms with Crippen molar-refractivity contribution in [3.63, 3.8) is 0 Å². The maximum atomic E-state index is 12.9. The van der Waals surface area contributed by atoms with Gasteiger partial charge in [-0.05, 0) is 45.2 Å². The molecule has 1 aromatic rings. The Hall–Kier alpha value is -3.02. The predicted octanol–water partition coefficient (Wildman–Crippen LogP) is -1.37. The number of carboxylic acid groups (broad SMARTS) is 1. The molecule has 5 atom stereocenters. The molecule has 0 spiro atoms. The number of rotatable bonds is 14. The van der Waals surface area contributed by atoms with Crippen molar-refractivity contribution in [2.45, 2.75) is 69.8 Å². The van der Waals surface area contributed by atoms with Gasteiger partial charge < -0.3 is 37.6 Å². The maximum absolute atomic E-state index is 12.9. The van der Waals surface area contributed by atoms with Crippen molar-refractivity contribution in [1.82, 2.24) is 16.0 Å². The number of hydrogen-bond acceptors (Lipinski definition) is 7. The minimum atomic E-state index is -1.21. The fraction of sp³-hybridized carbons (Fsp3) is 0.545. The van der Waals surface area contributed by atoms with Crippen LogP contribution in [0.1, 0.15) is 38.7 Å². The first kappa shape index (κ1) is 28.0. The van der Waals surface area contributed by atoms with Gasteiger partial charge in [-0.15, -0.1) is 0 Å². The van der Waals surface area contributed by atoms with Gasteiger partial charge in [0.05, 0.1) is 6.10 Å². The van der Waals surface area contributed by atoms with E-state index in [0.29, 0.717) is 19.4 Å². The minimum absolute atomic E-state index is 0.113. The van der Waals surface area contributed by atoms with E-state index in [0.717, 1.165) is 5.56 Å². The number of carbonyl (C=O) groups is 4. The quantitative estimate of drug-likeness (QED) is 0.163. The molecular weight excluding hydrogens is 430 g/mol. The number of nitrogens with two attached hydrogens (primary N) is 2. The lowest BCUT2D eigenvalue weighted by molar-refractivity contribution is -0.142. The fourth-order valence-corrected chi connectivity index (χ4v) is 2.97. The minimum Gasteiger partial charge on any atom is -0.480 e. The summed E-state index contributed by atoms with van der Waals surface area (Å²) in [6, 6.07) is 4.43. The van der Waals surface area contributed by atoms with Crippen molar-refractivity contribution in [1.29, 1.82) is 0 Å². The van der Waals surface area contributed by atoms with Gasteiger partial charge in [0.25, 0.3) is 0 Å². The van der Waals surface area contributed by atoms with E-state index in [2.05, 4.69) is 16.0 Å². The summed E-state index contributed by atoms with van der Waals surface area (Å²) >= 11 is 0. The van der Waals surface area contributed by atoms with Crippen molar-refractivity contribution in [2.24, 2.45) is 11.5 Å². The summed E-state index contributed by atoms with van der Waals surface area (Å²) in [5.74, 6) is -3.22. The van der Waals surface area contributed by atoms with Crippen LogP contribution in [0, 0.1) is 0 Å². The molecule has 0 saturated heterocycles. The van der Waals surface area contributed by atoms with Crippen LogP contribution in [0.5, 0.6) is 0 Å². The first-order valence-electron chi connectivity index (χ1n) is 10.9. The van der Waals surface area contributed by atoms with E-state index in [1.165, 1.54) is 13.8 Å². The number of aliphatic hydroxyl groups is 1. The van der Waals surface area contributed by atoms with E-state index >= 15 is 0 Å². The Bertz CT molecular complexity index is 789. The van der Waals surface area contributed by atoms with Gasteiger partial charge >= 0.3 is 5.97 Å². The van der Waals surface area contributed by atoms with Crippen molar-refractivity contribution in [2.75, 3.05) is 6.54 Å². The molecule has 0 aromatic heterocycles. The van der Waals surface area contributed by atoms with Crippen LogP contribution in [0.15, 0.2) is 30.3 Å². The average molecular weight is 466 g/mol. The molecule has 0 aliphatic rings. The van der Waals surface area contributed by atoms with Crippen molar-refractivity contribution < 1.29 is 29.4 Å². The Balaban J connectivity index is 2.92. The van der Waals surface area contributed by atoms with Crippen LogP contribution in [0.4, 0.5) is 0 Å². The average Bonchev–Trinajstić information content (AvgIpc) is 2.77. The molecular formula is C22H35N5O6. The lowest BCUT2D eigenvalue weighted by atomic mass is 10.0. The Morgan fingerprint density at radius 3 is 2.06 bits per heavy atom. The molecule has 5 unspecified atom stereocenters. The first-order valence-corrected chi connectivity index (χ1v) is 10.9. The predicted molar refractivity (Wildman–Crippen MR) is 122 cm³/mol. The van der Waals surface area contributed by atoms with Crippen LogP contribution in [0.25, 0.3) is 0 Å². The maximum Gasteiger partial charge on any atom is 0.326 e. The molecule has 0 radical (unpaired) electrons. The number of hydrogen-bond donors (Lipinski definition) is 7. The fourth-order valence-electron chi connectivity index (χ4n) is 2.97. The molecule has 3 amide bonds. The van der Waals surface area contributed by atoms with Crippen molar-refractivity contribution in [3.05, 3.63) is 35.9 Å². The van der Waals surface area contributed by atoms with Gasteiger partial charge in [0, 0.05) is 6.42 Å². The second-order valence-corrected chi connectivity index (χ2v) is 7.93. The number of benzene rings is 1. The lowest BCUT2D eigenvalue weighted by Crippen LogP contribution is -2.57. The van der Waals surface area contributed by atoms with E-state index in [1.807, 2.05) is 0 Å². The van der Waals surface area contributed by atoms with Gasteiger partial charge in [0.15, 0.2) is 0 Å². The smallest absolute Gasteiger partial charge is 0.326 e. The first-order chi connectivity index (χ1) is 15.6. The molecule has 0 heterocycles. The highest BCUT2D eigenvalue weighted by molar-refractivity contribution is 5.94. The van der Waals surface area contributed by atoms with Gasteiger partial charge in [-0.2, -0.15) is 0 Å². The van der Waals surface area contributed by atoms with Crippen molar-refractivity contribution >= 4 is 23.7 Å². The zero-order valence-corrected chi connectivity index (χ0v) is 19.0. The number of carbonyl (C=O) groups excluding carboxylic acids is 3.